The fraction of sp³-hybridized carbons (Fsp3) is 0.385. The number of hydrogen-bond acceptors (Lipinski definition) is 3. The molecule has 0 saturated heterocycles. The normalized spacial score (nSPS) is 12.2. The number of carboxylic acids is 1. The van der Waals surface area contributed by atoms with Crippen LogP contribution in [0, 0.1) is 0 Å². The first kappa shape index (κ1) is 14.2. The predicted octanol–water partition coefficient (Wildman–Crippen LogP) is 0.926. The lowest BCUT2D eigenvalue weighted by atomic mass is 10.1. The van der Waals surface area contributed by atoms with Crippen LogP contribution in [0.5, 0.6) is 0 Å². The van der Waals surface area contributed by atoms with Crippen molar-refractivity contribution in [3.8, 4) is 0 Å². The first-order chi connectivity index (χ1) is 8.50. The van der Waals surface area contributed by atoms with Crippen LogP contribution in [0.1, 0.15) is 25.5 Å². The van der Waals surface area contributed by atoms with Crippen LogP contribution in [0.4, 0.5) is 0 Å². The van der Waals surface area contributed by atoms with Crippen LogP contribution >= 0.6 is 0 Å². The molecule has 0 spiro atoms. The molecular weight excluding hydrogens is 232 g/mol. The second kappa shape index (κ2) is 6.76. The highest BCUT2D eigenvalue weighted by Gasteiger charge is 2.21. The lowest BCUT2D eigenvalue weighted by molar-refractivity contribution is -0.141. The zero-order valence-electron chi connectivity index (χ0n) is 10.5. The van der Waals surface area contributed by atoms with Crippen molar-refractivity contribution in [1.29, 1.82) is 0 Å². The average molecular weight is 250 g/mol. The molecule has 0 saturated carbocycles. The quantitative estimate of drug-likeness (QED) is 0.701. The molecule has 1 atom stereocenters. The Labute approximate surface area is 106 Å². The molecule has 0 fully saturated rings. The van der Waals surface area contributed by atoms with Crippen LogP contribution in [0.15, 0.2) is 30.3 Å². The van der Waals surface area contributed by atoms with Crippen LogP contribution in [0.25, 0.3) is 0 Å². The van der Waals surface area contributed by atoms with Crippen LogP contribution in [-0.2, 0) is 9.59 Å². The molecule has 1 amide bonds. The molecule has 0 aliphatic rings. The van der Waals surface area contributed by atoms with E-state index in [0.29, 0.717) is 5.56 Å². The van der Waals surface area contributed by atoms with Crippen molar-refractivity contribution >= 4 is 11.9 Å². The second-order valence-corrected chi connectivity index (χ2v) is 4.29. The lowest BCUT2D eigenvalue weighted by Crippen LogP contribution is -2.41. The molecule has 1 rings (SSSR count). The highest BCUT2D eigenvalue weighted by molar-refractivity contribution is 5.85. The summed E-state index contributed by atoms with van der Waals surface area (Å²) in [5.41, 5.74) is 0.558. The molecule has 0 heterocycles. The number of benzene rings is 1. The van der Waals surface area contributed by atoms with E-state index in [0.717, 1.165) is 0 Å². The molecule has 0 aliphatic heterocycles. The maximum atomic E-state index is 11.6. The number of hydrogen-bond donors (Lipinski definition) is 3. The summed E-state index contributed by atoms with van der Waals surface area (Å²) in [6.07, 6.45) is 0. The summed E-state index contributed by atoms with van der Waals surface area (Å²) in [6, 6.07) is 7.80. The lowest BCUT2D eigenvalue weighted by Gasteiger charge is -2.15. The van der Waals surface area contributed by atoms with E-state index in [9.17, 15) is 9.59 Å². The first-order valence-corrected chi connectivity index (χ1v) is 5.81. The van der Waals surface area contributed by atoms with E-state index in [-0.39, 0.29) is 18.5 Å². The zero-order chi connectivity index (χ0) is 13.5. The molecule has 18 heavy (non-hydrogen) atoms. The van der Waals surface area contributed by atoms with Gasteiger partial charge in [0.25, 0.3) is 0 Å². The van der Waals surface area contributed by atoms with Gasteiger partial charge in [-0.05, 0) is 5.56 Å². The molecule has 0 unspecified atom stereocenters. The summed E-state index contributed by atoms with van der Waals surface area (Å²) < 4.78 is 0. The van der Waals surface area contributed by atoms with Gasteiger partial charge in [-0.15, -0.1) is 0 Å². The van der Waals surface area contributed by atoms with Crippen molar-refractivity contribution in [2.45, 2.75) is 25.9 Å². The fourth-order valence-electron chi connectivity index (χ4n) is 1.44. The molecule has 1 aromatic rings. The van der Waals surface area contributed by atoms with Crippen LogP contribution in [0.2, 0.25) is 0 Å². The molecule has 0 aromatic heterocycles. The van der Waals surface area contributed by atoms with E-state index < -0.39 is 12.0 Å². The summed E-state index contributed by atoms with van der Waals surface area (Å²) >= 11 is 0. The molecule has 3 N–H and O–H groups in total. The summed E-state index contributed by atoms with van der Waals surface area (Å²) in [4.78, 5) is 22.7. The Balaban J connectivity index is 2.65. The summed E-state index contributed by atoms with van der Waals surface area (Å²) in [7, 11) is 0. The minimum absolute atomic E-state index is 0.105. The standard InChI is InChI=1S/C13H18N2O3/c1-9(2)14-8-11(16)15-12(13(17)18)10-6-4-3-5-7-10/h3-7,9,12,14H,8H2,1-2H3,(H,15,16)(H,17,18)/t12-/m1/s1. The molecule has 0 aliphatic carbocycles. The number of rotatable bonds is 6. The first-order valence-electron chi connectivity index (χ1n) is 5.81. The second-order valence-electron chi connectivity index (χ2n) is 4.29. The van der Waals surface area contributed by atoms with Gasteiger partial charge in [0.05, 0.1) is 6.54 Å². The van der Waals surface area contributed by atoms with Crippen molar-refractivity contribution < 1.29 is 14.7 Å². The number of carboxylic acid groups (broad SMARTS) is 1. The number of aliphatic carboxylic acids is 1. The monoisotopic (exact) mass is 250 g/mol. The van der Waals surface area contributed by atoms with Crippen molar-refractivity contribution in [2.24, 2.45) is 0 Å². The van der Waals surface area contributed by atoms with Crippen molar-refractivity contribution in [2.75, 3.05) is 6.54 Å². The molecule has 98 valence electrons. The van der Waals surface area contributed by atoms with E-state index >= 15 is 0 Å². The smallest absolute Gasteiger partial charge is 0.330 e. The maximum absolute atomic E-state index is 11.6. The minimum atomic E-state index is -1.07. The zero-order valence-corrected chi connectivity index (χ0v) is 10.5. The van der Waals surface area contributed by atoms with Gasteiger partial charge >= 0.3 is 5.97 Å². The Morgan fingerprint density at radius 1 is 1.22 bits per heavy atom. The van der Waals surface area contributed by atoms with Crippen LogP contribution in [0.3, 0.4) is 0 Å². The fourth-order valence-corrected chi connectivity index (χ4v) is 1.44. The largest absolute Gasteiger partial charge is 0.479 e. The average Bonchev–Trinajstić information content (AvgIpc) is 2.34. The molecule has 0 radical (unpaired) electrons. The third-order valence-corrected chi connectivity index (χ3v) is 2.36. The van der Waals surface area contributed by atoms with E-state index in [1.54, 1.807) is 30.3 Å². The SMILES string of the molecule is CC(C)NCC(=O)N[C@@H](C(=O)O)c1ccccc1. The third-order valence-electron chi connectivity index (χ3n) is 2.36. The molecule has 0 bridgehead atoms. The van der Waals surface area contributed by atoms with Gasteiger partial charge in [-0.3, -0.25) is 4.79 Å². The van der Waals surface area contributed by atoms with Crippen LogP contribution < -0.4 is 10.6 Å². The topological polar surface area (TPSA) is 78.4 Å². The summed E-state index contributed by atoms with van der Waals surface area (Å²) in [5, 5.41) is 14.5. The summed E-state index contributed by atoms with van der Waals surface area (Å²) in [6.45, 7) is 3.94. The van der Waals surface area contributed by atoms with Crippen molar-refractivity contribution in [1.82, 2.24) is 10.6 Å². The third kappa shape index (κ3) is 4.55. The van der Waals surface area contributed by atoms with Crippen LogP contribution in [-0.4, -0.2) is 29.6 Å². The van der Waals surface area contributed by atoms with Gasteiger partial charge in [-0.1, -0.05) is 44.2 Å². The predicted molar refractivity (Wildman–Crippen MR) is 68.1 cm³/mol. The number of amides is 1. The van der Waals surface area contributed by atoms with Gasteiger partial charge in [0.1, 0.15) is 0 Å². The maximum Gasteiger partial charge on any atom is 0.330 e. The van der Waals surface area contributed by atoms with Gasteiger partial charge in [0.15, 0.2) is 6.04 Å². The van der Waals surface area contributed by atoms with Gasteiger partial charge in [0, 0.05) is 6.04 Å². The Bertz CT molecular complexity index is 404. The minimum Gasteiger partial charge on any atom is -0.479 e. The molecule has 5 nitrogen and oxygen atoms in total. The van der Waals surface area contributed by atoms with Gasteiger partial charge < -0.3 is 15.7 Å². The Hall–Kier alpha value is -1.88. The van der Waals surface area contributed by atoms with Gasteiger partial charge in [0.2, 0.25) is 5.91 Å². The van der Waals surface area contributed by atoms with Gasteiger partial charge in [-0.25, -0.2) is 4.79 Å². The molecule has 1 aromatic carbocycles. The van der Waals surface area contributed by atoms with Crippen molar-refractivity contribution in [3.63, 3.8) is 0 Å². The highest BCUT2D eigenvalue weighted by atomic mass is 16.4. The van der Waals surface area contributed by atoms with E-state index in [1.807, 2.05) is 13.8 Å². The Morgan fingerprint density at radius 3 is 2.33 bits per heavy atom. The number of carbonyl (C=O) groups excluding carboxylic acids is 1. The van der Waals surface area contributed by atoms with E-state index in [2.05, 4.69) is 10.6 Å². The Morgan fingerprint density at radius 2 is 1.83 bits per heavy atom. The summed E-state index contributed by atoms with van der Waals surface area (Å²) in [5.74, 6) is -1.40. The number of nitrogens with one attached hydrogen (secondary N) is 2. The number of carbonyl (C=O) groups is 2. The van der Waals surface area contributed by atoms with E-state index in [1.165, 1.54) is 0 Å². The van der Waals surface area contributed by atoms with Gasteiger partial charge in [-0.2, -0.15) is 0 Å². The Kier molecular flexibility index (Phi) is 5.32. The highest BCUT2D eigenvalue weighted by Crippen LogP contribution is 2.12. The van der Waals surface area contributed by atoms with Crippen molar-refractivity contribution in [3.05, 3.63) is 35.9 Å². The molecule has 5 heteroatoms. The molecular formula is C13H18N2O3. The van der Waals surface area contributed by atoms with E-state index in [4.69, 9.17) is 5.11 Å².